The molecule has 0 saturated heterocycles. The Morgan fingerprint density at radius 2 is 1.86 bits per heavy atom. The number of thiophene rings is 1. The summed E-state index contributed by atoms with van der Waals surface area (Å²) in [5.41, 5.74) is 0. The first-order chi connectivity index (χ1) is 9.84. The predicted molar refractivity (Wildman–Crippen MR) is 97.1 cm³/mol. The van der Waals surface area contributed by atoms with E-state index in [1.165, 1.54) is 15.6 Å². The second-order valence-corrected chi connectivity index (χ2v) is 10.4. The number of hydrogen-bond acceptors (Lipinski definition) is 3. The molecule has 3 nitrogen and oxygen atoms in total. The maximum atomic E-state index is 12.8. The minimum atomic E-state index is -3.55. The van der Waals surface area contributed by atoms with Crippen LogP contribution in [0.15, 0.2) is 48.0 Å². The van der Waals surface area contributed by atoms with Crippen LogP contribution in [-0.2, 0) is 16.6 Å². The zero-order valence-electron chi connectivity index (χ0n) is 11.0. The average Bonchev–Trinajstić information content (AvgIpc) is 2.84. The van der Waals surface area contributed by atoms with Crippen molar-refractivity contribution >= 4 is 69.1 Å². The Bertz CT molecular complexity index is 744. The van der Waals surface area contributed by atoms with Crippen molar-refractivity contribution in [2.45, 2.75) is 18.4 Å². The molecule has 0 radical (unpaired) electrons. The molecule has 0 unspecified atom stereocenters. The molecule has 2 aromatic rings. The molecule has 114 valence electrons. The van der Waals surface area contributed by atoms with Crippen LogP contribution in [0, 0.1) is 0 Å². The van der Waals surface area contributed by atoms with Crippen LogP contribution < -0.4 is 0 Å². The van der Waals surface area contributed by atoms with Crippen molar-refractivity contribution in [1.82, 2.24) is 4.31 Å². The smallest absolute Gasteiger partial charge is 0.207 e. The second-order valence-electron chi connectivity index (χ2n) is 4.21. The van der Waals surface area contributed by atoms with Crippen molar-refractivity contribution in [1.29, 1.82) is 0 Å². The first-order valence-corrected chi connectivity index (χ1v) is 10.7. The van der Waals surface area contributed by atoms with Gasteiger partial charge >= 0.3 is 0 Å². The average molecular weight is 518 g/mol. The molecule has 8 heteroatoms. The molecule has 0 saturated carbocycles. The molecule has 0 fully saturated rings. The van der Waals surface area contributed by atoms with Gasteiger partial charge in [0.05, 0.1) is 8.68 Å². The lowest BCUT2D eigenvalue weighted by molar-refractivity contribution is 0.426. The van der Waals surface area contributed by atoms with E-state index in [1.807, 2.05) is 19.1 Å². The van der Waals surface area contributed by atoms with Gasteiger partial charge in [-0.3, -0.25) is 0 Å². The summed E-state index contributed by atoms with van der Waals surface area (Å²) in [4.78, 5) is 1.27. The Morgan fingerprint density at radius 3 is 2.43 bits per heavy atom. The first-order valence-electron chi connectivity index (χ1n) is 6.04. The fourth-order valence-electron chi connectivity index (χ4n) is 1.79. The zero-order chi connectivity index (χ0) is 15.6. The van der Waals surface area contributed by atoms with E-state index in [0.29, 0.717) is 17.6 Å². The molecule has 1 heterocycles. The van der Waals surface area contributed by atoms with Crippen molar-refractivity contribution in [3.05, 3.63) is 47.9 Å². The minimum Gasteiger partial charge on any atom is -0.207 e. The highest BCUT2D eigenvalue weighted by Crippen LogP contribution is 2.30. The van der Waals surface area contributed by atoms with Gasteiger partial charge in [0.2, 0.25) is 10.0 Å². The van der Waals surface area contributed by atoms with Gasteiger partial charge in [0.25, 0.3) is 0 Å². The molecule has 0 amide bonds. The third-order valence-corrected chi connectivity index (χ3v) is 7.84. The van der Waals surface area contributed by atoms with Crippen molar-refractivity contribution in [2.75, 3.05) is 6.54 Å². The second kappa shape index (κ2) is 7.23. The Hall–Kier alpha value is 0.270. The molecular formula is C13H12Br3NO2S2. The molecule has 2 rings (SSSR count). The highest BCUT2D eigenvalue weighted by atomic mass is 79.9. The number of nitrogens with zero attached hydrogens (tertiary/aromatic N) is 1. The Labute approximate surface area is 153 Å². The van der Waals surface area contributed by atoms with E-state index in [-0.39, 0.29) is 4.90 Å². The first kappa shape index (κ1) is 17.6. The maximum absolute atomic E-state index is 12.8. The van der Waals surface area contributed by atoms with Crippen LogP contribution in [0.3, 0.4) is 0 Å². The highest BCUT2D eigenvalue weighted by molar-refractivity contribution is 9.11. The summed E-state index contributed by atoms with van der Waals surface area (Å²) in [6, 6.07) is 9.01. The van der Waals surface area contributed by atoms with Crippen molar-refractivity contribution in [2.24, 2.45) is 0 Å². The Morgan fingerprint density at radius 1 is 1.14 bits per heavy atom. The molecule has 1 aromatic heterocycles. The summed E-state index contributed by atoms with van der Waals surface area (Å²) in [5, 5.41) is 0. The van der Waals surface area contributed by atoms with E-state index in [4.69, 9.17) is 0 Å². The summed E-state index contributed by atoms with van der Waals surface area (Å²) in [7, 11) is -3.55. The van der Waals surface area contributed by atoms with Crippen LogP contribution in [0.25, 0.3) is 0 Å². The Balaban J connectivity index is 2.37. The molecule has 0 bridgehead atoms. The lowest BCUT2D eigenvalue weighted by Gasteiger charge is -2.20. The van der Waals surface area contributed by atoms with Crippen LogP contribution in [0.2, 0.25) is 0 Å². The third kappa shape index (κ3) is 4.17. The summed E-state index contributed by atoms with van der Waals surface area (Å²) in [6.07, 6.45) is 0. The minimum absolute atomic E-state index is 0.273. The van der Waals surface area contributed by atoms with Gasteiger partial charge in [-0.2, -0.15) is 4.31 Å². The van der Waals surface area contributed by atoms with E-state index < -0.39 is 10.0 Å². The lowest BCUT2D eigenvalue weighted by Crippen LogP contribution is -2.30. The Kier molecular flexibility index (Phi) is 6.07. The maximum Gasteiger partial charge on any atom is 0.244 e. The fraction of sp³-hybridized carbons (Fsp3) is 0.231. The van der Waals surface area contributed by atoms with Crippen LogP contribution in [0.1, 0.15) is 11.8 Å². The summed E-state index contributed by atoms with van der Waals surface area (Å²) < 4.78 is 29.4. The number of rotatable bonds is 5. The van der Waals surface area contributed by atoms with E-state index in [1.54, 1.807) is 18.2 Å². The number of hydrogen-bond donors (Lipinski definition) is 0. The highest BCUT2D eigenvalue weighted by Gasteiger charge is 2.26. The monoisotopic (exact) mass is 515 g/mol. The number of benzene rings is 1. The fourth-order valence-corrected chi connectivity index (χ4v) is 6.26. The molecular weight excluding hydrogens is 506 g/mol. The zero-order valence-corrected chi connectivity index (χ0v) is 17.4. The van der Waals surface area contributed by atoms with Crippen LogP contribution in [0.4, 0.5) is 0 Å². The third-order valence-electron chi connectivity index (χ3n) is 2.82. The van der Waals surface area contributed by atoms with Gasteiger partial charge < -0.3 is 0 Å². The quantitative estimate of drug-likeness (QED) is 0.543. The van der Waals surface area contributed by atoms with Crippen molar-refractivity contribution in [3.63, 3.8) is 0 Å². The summed E-state index contributed by atoms with van der Waals surface area (Å²) >= 11 is 11.6. The molecule has 0 aliphatic rings. The van der Waals surface area contributed by atoms with Crippen molar-refractivity contribution in [3.8, 4) is 0 Å². The predicted octanol–water partition coefficient (Wildman–Crippen LogP) is 5.25. The van der Waals surface area contributed by atoms with Gasteiger partial charge in [0.15, 0.2) is 0 Å². The van der Waals surface area contributed by atoms with Gasteiger partial charge in [-0.05, 0) is 62.2 Å². The van der Waals surface area contributed by atoms with E-state index in [2.05, 4.69) is 47.8 Å². The van der Waals surface area contributed by atoms with Crippen LogP contribution in [0.5, 0.6) is 0 Å². The molecule has 0 N–H and O–H groups in total. The van der Waals surface area contributed by atoms with Gasteiger partial charge in [0.1, 0.15) is 0 Å². The summed E-state index contributed by atoms with van der Waals surface area (Å²) in [5.74, 6) is 0. The molecule has 0 spiro atoms. The van der Waals surface area contributed by atoms with E-state index in [9.17, 15) is 8.42 Å². The van der Waals surface area contributed by atoms with Gasteiger partial charge in [0, 0.05) is 26.9 Å². The van der Waals surface area contributed by atoms with E-state index >= 15 is 0 Å². The van der Waals surface area contributed by atoms with Crippen molar-refractivity contribution < 1.29 is 8.42 Å². The largest absolute Gasteiger partial charge is 0.244 e. The number of halogens is 3. The van der Waals surface area contributed by atoms with Crippen LogP contribution >= 0.6 is 59.1 Å². The standard InChI is InChI=1S/C13H12Br3NO2S2/c1-2-17(8-10-4-6-13(16)20-10)21(18,19)12-7-9(14)3-5-11(12)15/h3-7H,2,8H2,1H3. The molecule has 21 heavy (non-hydrogen) atoms. The van der Waals surface area contributed by atoms with E-state index in [0.717, 1.165) is 13.1 Å². The molecule has 0 aliphatic heterocycles. The normalized spacial score (nSPS) is 12.0. The molecule has 0 atom stereocenters. The van der Waals surface area contributed by atoms with Gasteiger partial charge in [-0.1, -0.05) is 22.9 Å². The number of sulfonamides is 1. The van der Waals surface area contributed by atoms with Gasteiger partial charge in [-0.15, -0.1) is 11.3 Å². The van der Waals surface area contributed by atoms with Crippen LogP contribution in [-0.4, -0.2) is 19.3 Å². The molecule has 1 aromatic carbocycles. The van der Waals surface area contributed by atoms with Gasteiger partial charge in [-0.25, -0.2) is 8.42 Å². The SMILES string of the molecule is CCN(Cc1ccc(Br)s1)S(=O)(=O)c1cc(Br)ccc1Br. The molecule has 0 aliphatic carbocycles. The lowest BCUT2D eigenvalue weighted by atomic mass is 10.4. The topological polar surface area (TPSA) is 37.4 Å². The summed E-state index contributed by atoms with van der Waals surface area (Å²) in [6.45, 7) is 2.62.